The average molecular weight is 344 g/mol. The van der Waals surface area contributed by atoms with Gasteiger partial charge < -0.3 is 10.1 Å². The van der Waals surface area contributed by atoms with Gasteiger partial charge in [0.25, 0.3) is 0 Å². The molecule has 0 aromatic heterocycles. The predicted octanol–water partition coefficient (Wildman–Crippen LogP) is 2.58. The first-order valence-electron chi connectivity index (χ1n) is 9.81. The van der Waals surface area contributed by atoms with Gasteiger partial charge in [-0.05, 0) is 48.3 Å². The van der Waals surface area contributed by atoms with Gasteiger partial charge in [0.2, 0.25) is 5.91 Å². The highest BCUT2D eigenvalue weighted by atomic mass is 16.5. The molecule has 0 bridgehead atoms. The molecule has 138 valence electrons. The van der Waals surface area contributed by atoms with Crippen molar-refractivity contribution in [2.75, 3.05) is 32.8 Å². The molecule has 1 aliphatic heterocycles. The van der Waals surface area contributed by atoms with E-state index in [1.54, 1.807) is 0 Å². The number of hydrogen-bond acceptors (Lipinski definition) is 3. The molecule has 1 fully saturated rings. The minimum Gasteiger partial charge on any atom is -0.374 e. The van der Waals surface area contributed by atoms with Crippen molar-refractivity contribution in [3.8, 4) is 0 Å². The van der Waals surface area contributed by atoms with Crippen molar-refractivity contribution in [3.05, 3.63) is 34.9 Å². The van der Waals surface area contributed by atoms with Crippen LogP contribution in [-0.2, 0) is 28.8 Å². The fourth-order valence-electron chi connectivity index (χ4n) is 3.96. The van der Waals surface area contributed by atoms with Crippen LogP contribution in [0.1, 0.15) is 43.4 Å². The Morgan fingerprint density at radius 2 is 2.08 bits per heavy atom. The highest BCUT2D eigenvalue weighted by Gasteiger charge is 2.21. The Morgan fingerprint density at radius 1 is 1.28 bits per heavy atom. The third-order valence-electron chi connectivity index (χ3n) is 5.15. The molecule has 0 spiro atoms. The number of amides is 1. The molecule has 1 heterocycles. The second kappa shape index (κ2) is 8.81. The Bertz CT molecular complexity index is 585. The highest BCUT2D eigenvalue weighted by Crippen LogP contribution is 2.22. The molecular formula is C21H32N2O2. The normalized spacial score (nSPS) is 21.2. The predicted molar refractivity (Wildman–Crippen MR) is 101 cm³/mol. The fraction of sp³-hybridized carbons (Fsp3) is 0.667. The van der Waals surface area contributed by atoms with Crippen LogP contribution >= 0.6 is 0 Å². The first kappa shape index (κ1) is 18.4. The van der Waals surface area contributed by atoms with Crippen molar-refractivity contribution in [1.29, 1.82) is 0 Å². The van der Waals surface area contributed by atoms with Crippen LogP contribution in [0.2, 0.25) is 0 Å². The van der Waals surface area contributed by atoms with Crippen LogP contribution in [0.4, 0.5) is 0 Å². The second-order valence-corrected chi connectivity index (χ2v) is 7.94. The molecule has 1 saturated heterocycles. The van der Waals surface area contributed by atoms with Gasteiger partial charge >= 0.3 is 0 Å². The number of carbonyl (C=O) groups is 1. The lowest BCUT2D eigenvalue weighted by Crippen LogP contribution is -2.48. The summed E-state index contributed by atoms with van der Waals surface area (Å²) in [5.41, 5.74) is 4.04. The van der Waals surface area contributed by atoms with E-state index in [9.17, 15) is 4.79 Å². The molecule has 1 amide bonds. The lowest BCUT2D eigenvalue weighted by molar-refractivity contribution is -0.121. The summed E-state index contributed by atoms with van der Waals surface area (Å²) in [5, 5.41) is 3.06. The topological polar surface area (TPSA) is 41.6 Å². The number of morpholine rings is 1. The number of nitrogens with zero attached hydrogens (tertiary/aromatic N) is 1. The van der Waals surface area contributed by atoms with Gasteiger partial charge in [-0.1, -0.05) is 32.0 Å². The molecule has 1 atom stereocenters. The summed E-state index contributed by atoms with van der Waals surface area (Å²) in [6.07, 6.45) is 5.49. The number of ether oxygens (including phenoxy) is 1. The van der Waals surface area contributed by atoms with Crippen molar-refractivity contribution >= 4 is 5.91 Å². The lowest BCUT2D eigenvalue weighted by Gasteiger charge is -2.34. The molecule has 0 unspecified atom stereocenters. The lowest BCUT2D eigenvalue weighted by atomic mass is 9.90. The molecule has 1 aromatic rings. The third-order valence-corrected chi connectivity index (χ3v) is 5.15. The van der Waals surface area contributed by atoms with Gasteiger partial charge in [0.05, 0.1) is 19.1 Å². The van der Waals surface area contributed by atoms with Crippen LogP contribution in [0.3, 0.4) is 0 Å². The first-order chi connectivity index (χ1) is 12.1. The van der Waals surface area contributed by atoms with Crippen molar-refractivity contribution in [2.45, 2.75) is 52.1 Å². The van der Waals surface area contributed by atoms with Crippen molar-refractivity contribution < 1.29 is 9.53 Å². The fourth-order valence-corrected chi connectivity index (χ4v) is 3.96. The van der Waals surface area contributed by atoms with Gasteiger partial charge in [-0.15, -0.1) is 0 Å². The van der Waals surface area contributed by atoms with Crippen LogP contribution in [0.25, 0.3) is 0 Å². The molecule has 4 heteroatoms. The van der Waals surface area contributed by atoms with E-state index in [0.29, 0.717) is 18.9 Å². The summed E-state index contributed by atoms with van der Waals surface area (Å²) >= 11 is 0. The highest BCUT2D eigenvalue weighted by molar-refractivity contribution is 5.78. The summed E-state index contributed by atoms with van der Waals surface area (Å²) in [5.74, 6) is 0.762. The monoisotopic (exact) mass is 344 g/mol. The Morgan fingerprint density at radius 3 is 2.88 bits per heavy atom. The van der Waals surface area contributed by atoms with Crippen molar-refractivity contribution in [1.82, 2.24) is 10.2 Å². The summed E-state index contributed by atoms with van der Waals surface area (Å²) in [6.45, 7) is 8.87. The SMILES string of the molecule is CC(C)CN1CCO[C@H](CNC(=O)Cc2ccc3c(c2)CCCC3)C1. The van der Waals surface area contributed by atoms with Crippen molar-refractivity contribution in [2.24, 2.45) is 5.92 Å². The Kier molecular flexibility index (Phi) is 6.49. The quantitative estimate of drug-likeness (QED) is 0.862. The molecule has 0 radical (unpaired) electrons. The third kappa shape index (κ3) is 5.55. The van der Waals surface area contributed by atoms with Gasteiger partial charge in [-0.25, -0.2) is 0 Å². The average Bonchev–Trinajstić information content (AvgIpc) is 2.60. The molecule has 1 aromatic carbocycles. The van der Waals surface area contributed by atoms with Crippen LogP contribution in [-0.4, -0.2) is 49.7 Å². The van der Waals surface area contributed by atoms with Crippen LogP contribution in [0.5, 0.6) is 0 Å². The van der Waals surface area contributed by atoms with Crippen molar-refractivity contribution in [3.63, 3.8) is 0 Å². The zero-order valence-corrected chi connectivity index (χ0v) is 15.7. The zero-order chi connectivity index (χ0) is 17.6. The number of aryl methyl sites for hydroxylation is 2. The number of benzene rings is 1. The molecule has 4 nitrogen and oxygen atoms in total. The van der Waals surface area contributed by atoms with Gasteiger partial charge in [-0.3, -0.25) is 9.69 Å². The van der Waals surface area contributed by atoms with E-state index in [2.05, 4.69) is 42.3 Å². The molecule has 3 rings (SSSR count). The minimum absolute atomic E-state index is 0.0975. The second-order valence-electron chi connectivity index (χ2n) is 7.94. The van der Waals surface area contributed by atoms with E-state index in [-0.39, 0.29) is 12.0 Å². The summed E-state index contributed by atoms with van der Waals surface area (Å²) in [7, 11) is 0. The standard InChI is InChI=1S/C21H32N2O2/c1-16(2)14-23-9-10-25-20(15-23)13-22-21(24)12-17-7-8-18-5-3-4-6-19(18)11-17/h7-8,11,16,20H,3-6,9-10,12-15H2,1-2H3,(H,22,24)/t20-/m1/s1. The van der Waals surface area contributed by atoms with Crippen LogP contribution in [0, 0.1) is 5.92 Å². The molecule has 1 N–H and O–H groups in total. The van der Waals surface area contributed by atoms with Gasteiger partial charge in [-0.2, -0.15) is 0 Å². The number of rotatable bonds is 6. The summed E-state index contributed by atoms with van der Waals surface area (Å²) in [4.78, 5) is 14.7. The van der Waals surface area contributed by atoms with E-state index < -0.39 is 0 Å². The first-order valence-corrected chi connectivity index (χ1v) is 9.81. The van der Waals surface area contributed by atoms with E-state index in [0.717, 1.165) is 38.2 Å². The smallest absolute Gasteiger partial charge is 0.224 e. The maximum Gasteiger partial charge on any atom is 0.224 e. The number of nitrogens with one attached hydrogen (secondary N) is 1. The maximum absolute atomic E-state index is 12.3. The molecule has 1 aliphatic carbocycles. The van der Waals surface area contributed by atoms with Gasteiger partial charge in [0, 0.05) is 26.2 Å². The number of hydrogen-bond donors (Lipinski definition) is 1. The van der Waals surface area contributed by atoms with Gasteiger partial charge in [0.15, 0.2) is 0 Å². The molecule has 25 heavy (non-hydrogen) atoms. The zero-order valence-electron chi connectivity index (χ0n) is 15.7. The minimum atomic E-state index is 0.0975. The Balaban J connectivity index is 1.45. The van der Waals surface area contributed by atoms with E-state index in [1.165, 1.54) is 30.4 Å². The molecule has 0 saturated carbocycles. The van der Waals surface area contributed by atoms with E-state index >= 15 is 0 Å². The molecular weight excluding hydrogens is 312 g/mol. The number of carbonyl (C=O) groups excluding carboxylic acids is 1. The number of fused-ring (bicyclic) bond motifs is 1. The Labute approximate surface area is 151 Å². The maximum atomic E-state index is 12.3. The largest absolute Gasteiger partial charge is 0.374 e. The Hall–Kier alpha value is -1.39. The molecule has 2 aliphatic rings. The van der Waals surface area contributed by atoms with Crippen LogP contribution < -0.4 is 5.32 Å². The van der Waals surface area contributed by atoms with E-state index in [1.807, 2.05) is 0 Å². The summed E-state index contributed by atoms with van der Waals surface area (Å²) < 4.78 is 5.81. The van der Waals surface area contributed by atoms with E-state index in [4.69, 9.17) is 4.74 Å². The van der Waals surface area contributed by atoms with Crippen LogP contribution in [0.15, 0.2) is 18.2 Å². The summed E-state index contributed by atoms with van der Waals surface area (Å²) in [6, 6.07) is 6.56. The van der Waals surface area contributed by atoms with Gasteiger partial charge in [0.1, 0.15) is 0 Å².